The van der Waals surface area contributed by atoms with Gasteiger partial charge in [0.25, 0.3) is 5.91 Å². The molecule has 1 amide bonds. The van der Waals surface area contributed by atoms with Crippen LogP contribution in [0.4, 0.5) is 5.69 Å². The van der Waals surface area contributed by atoms with Crippen LogP contribution in [-0.2, 0) is 6.42 Å². The van der Waals surface area contributed by atoms with E-state index < -0.39 is 0 Å². The summed E-state index contributed by atoms with van der Waals surface area (Å²) in [5, 5.41) is 3.38. The SMILES string of the molecule is CN(C(=O)c1ccc2c(c1)CCCN2)C1CCC1. The summed E-state index contributed by atoms with van der Waals surface area (Å²) in [6.45, 7) is 1.04. The molecule has 1 heterocycles. The molecule has 0 bridgehead atoms. The van der Waals surface area contributed by atoms with Crippen LogP contribution in [0.3, 0.4) is 0 Å². The normalized spacial score (nSPS) is 18.5. The first-order valence-corrected chi connectivity index (χ1v) is 6.89. The maximum Gasteiger partial charge on any atom is 0.253 e. The van der Waals surface area contributed by atoms with Crippen LogP contribution < -0.4 is 5.32 Å². The molecule has 3 nitrogen and oxygen atoms in total. The average molecular weight is 244 g/mol. The summed E-state index contributed by atoms with van der Waals surface area (Å²) in [7, 11) is 1.93. The molecule has 18 heavy (non-hydrogen) atoms. The van der Waals surface area contributed by atoms with E-state index in [1.165, 1.54) is 17.7 Å². The quantitative estimate of drug-likeness (QED) is 0.867. The minimum atomic E-state index is 0.174. The molecule has 96 valence electrons. The van der Waals surface area contributed by atoms with Gasteiger partial charge in [-0.25, -0.2) is 0 Å². The van der Waals surface area contributed by atoms with Gasteiger partial charge in [-0.2, -0.15) is 0 Å². The van der Waals surface area contributed by atoms with Gasteiger partial charge in [0.2, 0.25) is 0 Å². The van der Waals surface area contributed by atoms with Crippen LogP contribution in [0.1, 0.15) is 41.6 Å². The fourth-order valence-corrected chi connectivity index (χ4v) is 2.75. The smallest absolute Gasteiger partial charge is 0.253 e. The third-order valence-corrected chi connectivity index (χ3v) is 4.23. The van der Waals surface area contributed by atoms with Crippen LogP contribution in [0.25, 0.3) is 0 Å². The summed E-state index contributed by atoms with van der Waals surface area (Å²) in [6, 6.07) is 6.54. The lowest BCUT2D eigenvalue weighted by Gasteiger charge is -2.35. The zero-order chi connectivity index (χ0) is 12.5. The predicted molar refractivity (Wildman–Crippen MR) is 73.0 cm³/mol. The Morgan fingerprint density at radius 3 is 2.89 bits per heavy atom. The van der Waals surface area contributed by atoms with E-state index in [0.717, 1.165) is 37.8 Å². The number of anilines is 1. The monoisotopic (exact) mass is 244 g/mol. The molecule has 2 aliphatic rings. The van der Waals surface area contributed by atoms with Gasteiger partial charge >= 0.3 is 0 Å². The Morgan fingerprint density at radius 1 is 1.33 bits per heavy atom. The van der Waals surface area contributed by atoms with Crippen LogP contribution in [0, 0.1) is 0 Å². The molecule has 1 fully saturated rings. The standard InChI is InChI=1S/C15H20N2O/c1-17(13-5-2-6-13)15(18)12-7-8-14-11(10-12)4-3-9-16-14/h7-8,10,13,16H,2-6,9H2,1H3. The number of carbonyl (C=O) groups is 1. The highest BCUT2D eigenvalue weighted by molar-refractivity contribution is 5.95. The molecule has 3 heteroatoms. The van der Waals surface area contributed by atoms with Crippen LogP contribution in [0.5, 0.6) is 0 Å². The van der Waals surface area contributed by atoms with Crippen molar-refractivity contribution in [2.24, 2.45) is 0 Å². The highest BCUT2D eigenvalue weighted by Gasteiger charge is 2.26. The van der Waals surface area contributed by atoms with Gasteiger partial charge in [-0.15, -0.1) is 0 Å². The van der Waals surface area contributed by atoms with E-state index in [4.69, 9.17) is 0 Å². The molecular formula is C15H20N2O. The van der Waals surface area contributed by atoms with Crippen molar-refractivity contribution < 1.29 is 4.79 Å². The third kappa shape index (κ3) is 1.98. The van der Waals surface area contributed by atoms with Gasteiger partial charge in [0.15, 0.2) is 0 Å². The zero-order valence-electron chi connectivity index (χ0n) is 10.9. The van der Waals surface area contributed by atoms with Crippen molar-refractivity contribution in [2.45, 2.75) is 38.1 Å². The molecule has 0 unspecified atom stereocenters. The molecule has 0 atom stereocenters. The minimum absolute atomic E-state index is 0.174. The minimum Gasteiger partial charge on any atom is -0.385 e. The fourth-order valence-electron chi connectivity index (χ4n) is 2.75. The van der Waals surface area contributed by atoms with Crippen LogP contribution >= 0.6 is 0 Å². The maximum atomic E-state index is 12.4. The second-order valence-corrected chi connectivity index (χ2v) is 5.40. The zero-order valence-corrected chi connectivity index (χ0v) is 10.9. The molecule has 0 radical (unpaired) electrons. The summed E-state index contributed by atoms with van der Waals surface area (Å²) < 4.78 is 0. The van der Waals surface area contributed by atoms with E-state index in [1.54, 1.807) is 0 Å². The number of amides is 1. The Kier molecular flexibility index (Phi) is 2.98. The van der Waals surface area contributed by atoms with Crippen molar-refractivity contribution in [1.82, 2.24) is 4.90 Å². The van der Waals surface area contributed by atoms with E-state index in [0.29, 0.717) is 6.04 Å². The molecule has 0 saturated heterocycles. The average Bonchev–Trinajstić information content (AvgIpc) is 2.35. The second kappa shape index (κ2) is 4.63. The molecule has 3 rings (SSSR count). The lowest BCUT2D eigenvalue weighted by atomic mass is 9.91. The molecule has 1 aromatic rings. The Morgan fingerprint density at radius 2 is 2.17 bits per heavy atom. The summed E-state index contributed by atoms with van der Waals surface area (Å²) in [5.74, 6) is 0.174. The van der Waals surface area contributed by atoms with Crippen LogP contribution in [0.15, 0.2) is 18.2 Å². The summed E-state index contributed by atoms with van der Waals surface area (Å²) in [5.41, 5.74) is 3.32. The number of hydrogen-bond donors (Lipinski definition) is 1. The number of benzene rings is 1. The summed E-state index contributed by atoms with van der Waals surface area (Å²) >= 11 is 0. The van der Waals surface area contributed by atoms with E-state index in [9.17, 15) is 4.79 Å². The van der Waals surface area contributed by atoms with Crippen LogP contribution in [-0.4, -0.2) is 30.4 Å². The molecule has 1 aliphatic carbocycles. The number of rotatable bonds is 2. The lowest BCUT2D eigenvalue weighted by molar-refractivity contribution is 0.0652. The molecule has 1 aliphatic heterocycles. The number of hydrogen-bond acceptors (Lipinski definition) is 2. The van der Waals surface area contributed by atoms with Crippen molar-refractivity contribution in [3.63, 3.8) is 0 Å². The summed E-state index contributed by atoms with van der Waals surface area (Å²) in [4.78, 5) is 14.3. The summed E-state index contributed by atoms with van der Waals surface area (Å²) in [6.07, 6.45) is 5.82. The molecule has 0 spiro atoms. The molecule has 1 N–H and O–H groups in total. The van der Waals surface area contributed by atoms with Gasteiger partial charge in [-0.05, 0) is 55.9 Å². The van der Waals surface area contributed by atoms with Gasteiger partial charge in [-0.3, -0.25) is 4.79 Å². The topological polar surface area (TPSA) is 32.3 Å². The molecule has 1 saturated carbocycles. The Labute approximate surface area is 108 Å². The lowest BCUT2D eigenvalue weighted by Crippen LogP contribution is -2.41. The highest BCUT2D eigenvalue weighted by atomic mass is 16.2. The van der Waals surface area contributed by atoms with E-state index in [1.807, 2.05) is 18.0 Å². The second-order valence-electron chi connectivity index (χ2n) is 5.40. The third-order valence-electron chi connectivity index (χ3n) is 4.23. The number of nitrogens with one attached hydrogen (secondary N) is 1. The number of nitrogens with zero attached hydrogens (tertiary/aromatic N) is 1. The first-order chi connectivity index (χ1) is 8.75. The van der Waals surface area contributed by atoms with E-state index in [2.05, 4.69) is 17.4 Å². The van der Waals surface area contributed by atoms with Crippen molar-refractivity contribution >= 4 is 11.6 Å². The number of carbonyl (C=O) groups excluding carboxylic acids is 1. The molecule has 0 aromatic heterocycles. The van der Waals surface area contributed by atoms with Gasteiger partial charge < -0.3 is 10.2 Å². The fraction of sp³-hybridized carbons (Fsp3) is 0.533. The first-order valence-electron chi connectivity index (χ1n) is 6.89. The predicted octanol–water partition coefficient (Wildman–Crippen LogP) is 2.67. The number of fused-ring (bicyclic) bond motifs is 1. The van der Waals surface area contributed by atoms with Gasteiger partial charge in [0.1, 0.15) is 0 Å². The number of aryl methyl sites for hydroxylation is 1. The van der Waals surface area contributed by atoms with Crippen molar-refractivity contribution in [3.8, 4) is 0 Å². The largest absolute Gasteiger partial charge is 0.385 e. The molecular weight excluding hydrogens is 224 g/mol. The Hall–Kier alpha value is -1.51. The van der Waals surface area contributed by atoms with E-state index in [-0.39, 0.29) is 5.91 Å². The van der Waals surface area contributed by atoms with Crippen molar-refractivity contribution in [1.29, 1.82) is 0 Å². The maximum absolute atomic E-state index is 12.4. The Bertz CT molecular complexity index is 466. The van der Waals surface area contributed by atoms with E-state index >= 15 is 0 Å². The van der Waals surface area contributed by atoms with Gasteiger partial charge in [0.05, 0.1) is 0 Å². The van der Waals surface area contributed by atoms with Crippen LogP contribution in [0.2, 0.25) is 0 Å². The highest BCUT2D eigenvalue weighted by Crippen LogP contribution is 2.27. The molecule has 1 aromatic carbocycles. The van der Waals surface area contributed by atoms with Crippen molar-refractivity contribution in [3.05, 3.63) is 29.3 Å². The van der Waals surface area contributed by atoms with Crippen molar-refractivity contribution in [2.75, 3.05) is 18.9 Å². The van der Waals surface area contributed by atoms with Gasteiger partial charge in [-0.1, -0.05) is 0 Å². The first kappa shape index (κ1) is 11.6. The van der Waals surface area contributed by atoms with Gasteiger partial charge in [0, 0.05) is 30.9 Å². The Balaban J connectivity index is 1.80.